The molecule has 0 bridgehead atoms. The Morgan fingerprint density at radius 3 is 2.28 bits per heavy atom. The third kappa shape index (κ3) is 3.80. The van der Waals surface area contributed by atoms with Gasteiger partial charge in [-0.3, -0.25) is 4.79 Å². The van der Waals surface area contributed by atoms with E-state index >= 15 is 0 Å². The lowest BCUT2D eigenvalue weighted by molar-refractivity contribution is 0.0583. The predicted octanol–water partition coefficient (Wildman–Crippen LogP) is -0.761. The van der Waals surface area contributed by atoms with Gasteiger partial charge in [0.2, 0.25) is 5.81 Å². The molecule has 0 spiro atoms. The van der Waals surface area contributed by atoms with Crippen molar-refractivity contribution < 1.29 is 24.8 Å². The molecule has 1 amide bonds. The molecule has 1 aromatic carbocycles. The number of rotatable bonds is 2. The maximum atomic E-state index is 13.9. The van der Waals surface area contributed by atoms with Gasteiger partial charge in [-0.2, -0.15) is 0 Å². The fourth-order valence-corrected chi connectivity index (χ4v) is 1.71. The quantitative estimate of drug-likeness (QED) is 0.651. The molecule has 0 aliphatic carbocycles. The number of morpholine rings is 1. The molecule has 1 aromatic rings. The second-order valence-electron chi connectivity index (χ2n) is 3.71. The molecule has 5 nitrogen and oxygen atoms in total. The van der Waals surface area contributed by atoms with Crippen LogP contribution in [0.4, 0.5) is 9.11 Å². The molecule has 0 atom stereocenters. The summed E-state index contributed by atoms with van der Waals surface area (Å²) in [5.74, 6) is -0.463. The van der Waals surface area contributed by atoms with E-state index < -0.39 is 12.8 Å². The second-order valence-corrected chi connectivity index (χ2v) is 3.71. The molecule has 1 aliphatic heterocycles. The summed E-state index contributed by atoms with van der Waals surface area (Å²) in [6, 6.07) is 8.52. The molecule has 1 heterocycles. The van der Waals surface area contributed by atoms with Crippen molar-refractivity contribution in [2.24, 2.45) is 0 Å². The van der Waals surface area contributed by atoms with Gasteiger partial charge in [-0.1, -0.05) is 30.3 Å². The number of carbonyl (C=O) groups is 1. The second kappa shape index (κ2) is 7.81. The summed E-state index contributed by atoms with van der Waals surface area (Å²) in [6.45, 7) is 0.387. The van der Waals surface area contributed by atoms with E-state index in [4.69, 9.17) is 4.74 Å². The van der Waals surface area contributed by atoms with E-state index in [0.29, 0.717) is 31.8 Å². The van der Waals surface area contributed by atoms with E-state index in [0.717, 1.165) is 0 Å². The highest BCUT2D eigenvalue weighted by Gasteiger charge is 2.32. The molecule has 2 rings (SSSR count). The van der Waals surface area contributed by atoms with E-state index in [1.54, 1.807) is 30.3 Å². The zero-order chi connectivity index (χ0) is 11.4. The van der Waals surface area contributed by atoms with Crippen LogP contribution >= 0.6 is 0 Å². The van der Waals surface area contributed by atoms with E-state index in [2.05, 4.69) is 0 Å². The van der Waals surface area contributed by atoms with Crippen molar-refractivity contribution in [3.05, 3.63) is 30.3 Å². The minimum Gasteiger partial charge on any atom is -0.412 e. The summed E-state index contributed by atoms with van der Waals surface area (Å²) in [4.78, 5) is 13.3. The fourth-order valence-electron chi connectivity index (χ4n) is 1.71. The number of nitrogens with zero attached hydrogens (tertiary/aromatic N) is 1. The van der Waals surface area contributed by atoms with Crippen LogP contribution in [0.2, 0.25) is 0 Å². The maximum absolute atomic E-state index is 13.9. The van der Waals surface area contributed by atoms with Gasteiger partial charge in [0, 0.05) is 13.1 Å². The first-order valence-electron chi connectivity index (χ1n) is 5.34. The molecule has 18 heavy (non-hydrogen) atoms. The van der Waals surface area contributed by atoms with Crippen LogP contribution in [0.3, 0.4) is 0 Å². The SMILES string of the molecule is O.O.O=C(B(F)c1ccccc1)N1CCOCC1. The molecular formula is C11H17BFNO4. The summed E-state index contributed by atoms with van der Waals surface area (Å²) in [5.41, 5.74) is 0.416. The topological polar surface area (TPSA) is 92.5 Å². The van der Waals surface area contributed by atoms with E-state index in [1.165, 1.54) is 4.90 Å². The van der Waals surface area contributed by atoms with Gasteiger partial charge in [0.1, 0.15) is 0 Å². The molecule has 0 radical (unpaired) electrons. The molecule has 0 saturated carbocycles. The van der Waals surface area contributed by atoms with Crippen LogP contribution in [0.1, 0.15) is 0 Å². The lowest BCUT2D eigenvalue weighted by atomic mass is 9.63. The first kappa shape index (κ1) is 16.6. The van der Waals surface area contributed by atoms with Crippen LogP contribution in [-0.4, -0.2) is 55.0 Å². The summed E-state index contributed by atoms with van der Waals surface area (Å²) in [7, 11) is 0. The Kier molecular flexibility index (Phi) is 7.19. The smallest absolute Gasteiger partial charge is 0.412 e. The zero-order valence-corrected chi connectivity index (χ0v) is 9.93. The Bertz CT molecular complexity index is 359. The molecule has 1 fully saturated rings. The van der Waals surface area contributed by atoms with Crippen LogP contribution in [-0.2, 0) is 4.74 Å². The maximum Gasteiger partial charge on any atom is 0.479 e. The highest BCUT2D eigenvalue weighted by Crippen LogP contribution is 2.03. The van der Waals surface area contributed by atoms with Crippen LogP contribution in [0.5, 0.6) is 0 Å². The number of benzene rings is 1. The Hall–Kier alpha value is -1.44. The summed E-state index contributed by atoms with van der Waals surface area (Å²) < 4.78 is 19.0. The van der Waals surface area contributed by atoms with Crippen LogP contribution in [0, 0.1) is 0 Å². The number of halogens is 1. The van der Waals surface area contributed by atoms with Crippen molar-refractivity contribution in [3.8, 4) is 0 Å². The molecule has 100 valence electrons. The van der Waals surface area contributed by atoms with Gasteiger partial charge in [-0.15, -0.1) is 0 Å². The number of hydrogen-bond acceptors (Lipinski definition) is 2. The van der Waals surface area contributed by atoms with Gasteiger partial charge in [0.05, 0.1) is 13.2 Å². The normalized spacial score (nSPS) is 14.2. The van der Waals surface area contributed by atoms with Crippen molar-refractivity contribution in [1.29, 1.82) is 0 Å². The Morgan fingerprint density at radius 2 is 1.72 bits per heavy atom. The van der Waals surface area contributed by atoms with Gasteiger partial charge in [0.25, 0.3) is 0 Å². The average molecular weight is 257 g/mol. The summed E-state index contributed by atoms with van der Waals surface area (Å²) >= 11 is 0. The third-order valence-electron chi connectivity index (χ3n) is 2.63. The van der Waals surface area contributed by atoms with E-state index in [1.807, 2.05) is 0 Å². The first-order valence-corrected chi connectivity index (χ1v) is 5.34. The largest absolute Gasteiger partial charge is 0.479 e. The third-order valence-corrected chi connectivity index (χ3v) is 2.63. The van der Waals surface area contributed by atoms with Crippen LogP contribution < -0.4 is 5.46 Å². The van der Waals surface area contributed by atoms with Crippen molar-refractivity contribution in [2.75, 3.05) is 26.3 Å². The van der Waals surface area contributed by atoms with Gasteiger partial charge in [0.15, 0.2) is 0 Å². The zero-order valence-electron chi connectivity index (χ0n) is 9.93. The van der Waals surface area contributed by atoms with Gasteiger partial charge in [-0.05, 0) is 5.46 Å². The predicted molar refractivity (Wildman–Crippen MR) is 68.0 cm³/mol. The van der Waals surface area contributed by atoms with Crippen molar-refractivity contribution >= 4 is 18.3 Å². The Balaban J connectivity index is 0.00000144. The highest BCUT2D eigenvalue weighted by molar-refractivity contribution is 6.94. The van der Waals surface area contributed by atoms with Gasteiger partial charge >= 0.3 is 6.99 Å². The molecule has 4 N–H and O–H groups in total. The first-order chi connectivity index (χ1) is 7.79. The van der Waals surface area contributed by atoms with Gasteiger partial charge < -0.3 is 24.9 Å². The Morgan fingerprint density at radius 1 is 1.17 bits per heavy atom. The Labute approximate surface area is 105 Å². The number of ether oxygens (including phenoxy) is 1. The van der Waals surface area contributed by atoms with Gasteiger partial charge in [-0.25, -0.2) is 0 Å². The molecule has 0 aromatic heterocycles. The minimum atomic E-state index is -1.56. The average Bonchev–Trinajstić information content (AvgIpc) is 2.39. The number of amides is 1. The van der Waals surface area contributed by atoms with Crippen molar-refractivity contribution in [2.45, 2.75) is 0 Å². The molecule has 1 saturated heterocycles. The fraction of sp³-hybridized carbons (Fsp3) is 0.364. The highest BCUT2D eigenvalue weighted by atomic mass is 19.1. The van der Waals surface area contributed by atoms with Crippen LogP contribution in [0.25, 0.3) is 0 Å². The lowest BCUT2D eigenvalue weighted by Gasteiger charge is -2.27. The molecule has 7 heteroatoms. The minimum absolute atomic E-state index is 0. The molecule has 0 unspecified atom stereocenters. The summed E-state index contributed by atoms with van der Waals surface area (Å²) in [6.07, 6.45) is 0. The molecular weight excluding hydrogens is 240 g/mol. The van der Waals surface area contributed by atoms with Crippen molar-refractivity contribution in [1.82, 2.24) is 4.90 Å². The standard InChI is InChI=1S/C11H13BFNO2.2H2O/c13-12(10-4-2-1-3-5-10)11(15)14-6-8-16-9-7-14;;/h1-5H,6-9H2;2*1H2. The van der Waals surface area contributed by atoms with E-state index in [9.17, 15) is 9.11 Å². The monoisotopic (exact) mass is 257 g/mol. The van der Waals surface area contributed by atoms with Crippen LogP contribution in [0.15, 0.2) is 30.3 Å². The molecule has 1 aliphatic rings. The van der Waals surface area contributed by atoms with E-state index in [-0.39, 0.29) is 11.0 Å². The summed E-state index contributed by atoms with van der Waals surface area (Å²) in [5, 5.41) is 0. The van der Waals surface area contributed by atoms with Crippen molar-refractivity contribution in [3.63, 3.8) is 0 Å². The number of hydrogen-bond donors (Lipinski definition) is 0. The number of carbonyl (C=O) groups excluding carboxylic acids is 1. The lowest BCUT2D eigenvalue weighted by Crippen LogP contribution is -2.49.